The predicted octanol–water partition coefficient (Wildman–Crippen LogP) is 2.71. The minimum atomic E-state index is -0.570. The van der Waals surface area contributed by atoms with Crippen LogP contribution >= 0.6 is 0 Å². The molecule has 0 amide bonds. The number of aryl methyl sites for hydroxylation is 1. The van der Waals surface area contributed by atoms with Crippen LogP contribution in [0.5, 0.6) is 0 Å². The maximum atomic E-state index is 12.1. The van der Waals surface area contributed by atoms with Crippen molar-refractivity contribution >= 4 is 5.97 Å². The van der Waals surface area contributed by atoms with Crippen molar-refractivity contribution < 1.29 is 9.53 Å². The summed E-state index contributed by atoms with van der Waals surface area (Å²) < 4.78 is 6.78. The van der Waals surface area contributed by atoms with Crippen molar-refractivity contribution in [2.45, 2.75) is 20.4 Å². The number of benzene rings is 1. The van der Waals surface area contributed by atoms with E-state index >= 15 is 0 Å². The molecule has 104 valence electrons. The lowest BCUT2D eigenvalue weighted by Gasteiger charge is -2.13. The van der Waals surface area contributed by atoms with Gasteiger partial charge in [0.25, 0.3) is 0 Å². The zero-order valence-electron chi connectivity index (χ0n) is 11.6. The van der Waals surface area contributed by atoms with Crippen LogP contribution in [0.2, 0.25) is 0 Å². The minimum Gasteiger partial charge on any atom is -0.462 e. The molecule has 0 aliphatic carbocycles. The second-order valence-electron chi connectivity index (χ2n) is 4.31. The van der Waals surface area contributed by atoms with Gasteiger partial charge in [0.1, 0.15) is 5.56 Å². The van der Waals surface area contributed by atoms with Crippen molar-refractivity contribution in [2.75, 3.05) is 6.61 Å². The van der Waals surface area contributed by atoms with Crippen molar-refractivity contribution in [2.24, 2.45) is 0 Å². The molecule has 0 aliphatic heterocycles. The molecule has 0 fully saturated rings. The molecule has 4 nitrogen and oxygen atoms in total. The van der Waals surface area contributed by atoms with Gasteiger partial charge in [-0.3, -0.25) is 4.79 Å². The van der Waals surface area contributed by atoms with Gasteiger partial charge in [-0.25, -0.2) is 4.79 Å². The first-order valence-electron chi connectivity index (χ1n) is 6.64. The van der Waals surface area contributed by atoms with E-state index in [1.165, 1.54) is 6.07 Å². The molecule has 0 saturated heterocycles. The highest BCUT2D eigenvalue weighted by atomic mass is 16.5. The normalized spacial score (nSPS) is 10.3. The topological polar surface area (TPSA) is 48.3 Å². The summed E-state index contributed by atoms with van der Waals surface area (Å²) in [6, 6.07) is 11.1. The first-order valence-corrected chi connectivity index (χ1v) is 6.64. The molecular formula is C16H17NO3. The highest BCUT2D eigenvalue weighted by Gasteiger charge is 2.14. The first-order chi connectivity index (χ1) is 9.67. The molecule has 1 aromatic heterocycles. The molecule has 0 aliphatic rings. The van der Waals surface area contributed by atoms with Gasteiger partial charge in [-0.05, 0) is 19.4 Å². The van der Waals surface area contributed by atoms with Crippen LogP contribution in [-0.2, 0) is 11.3 Å². The number of hydrogen-bond donors (Lipinski definition) is 0. The Labute approximate surface area is 117 Å². The smallest absolute Gasteiger partial charge is 0.343 e. The Morgan fingerprint density at radius 3 is 2.50 bits per heavy atom. The van der Waals surface area contributed by atoms with Crippen LogP contribution in [0.25, 0.3) is 11.3 Å². The number of pyridine rings is 1. The molecular weight excluding hydrogens is 254 g/mol. The summed E-state index contributed by atoms with van der Waals surface area (Å²) in [5.74, 6) is -0.570. The Balaban J connectivity index is 2.54. The maximum Gasteiger partial charge on any atom is 0.343 e. The molecule has 0 unspecified atom stereocenters. The molecule has 0 spiro atoms. The number of nitrogens with zero attached hydrogens (tertiary/aromatic N) is 1. The molecule has 0 saturated carbocycles. The van der Waals surface area contributed by atoms with Crippen LogP contribution in [0.3, 0.4) is 0 Å². The van der Waals surface area contributed by atoms with Gasteiger partial charge in [-0.15, -0.1) is 0 Å². The number of rotatable bonds is 4. The number of aromatic nitrogens is 1. The van der Waals surface area contributed by atoms with E-state index < -0.39 is 5.97 Å². The average molecular weight is 271 g/mol. The number of carbonyl (C=O) groups excluding carboxylic acids is 1. The molecule has 1 heterocycles. The molecule has 2 aromatic rings. The highest BCUT2D eigenvalue weighted by molar-refractivity contribution is 5.89. The van der Waals surface area contributed by atoms with Gasteiger partial charge < -0.3 is 9.30 Å². The Morgan fingerprint density at radius 1 is 1.20 bits per heavy atom. The van der Waals surface area contributed by atoms with E-state index in [1.54, 1.807) is 13.1 Å². The predicted molar refractivity (Wildman–Crippen MR) is 77.8 cm³/mol. The summed E-state index contributed by atoms with van der Waals surface area (Å²) >= 11 is 0. The highest BCUT2D eigenvalue weighted by Crippen LogP contribution is 2.18. The molecule has 0 N–H and O–H groups in total. The number of ether oxygens (including phenoxy) is 1. The first kappa shape index (κ1) is 14.1. The fourth-order valence-electron chi connectivity index (χ4n) is 2.06. The van der Waals surface area contributed by atoms with Crippen LogP contribution in [0.1, 0.15) is 24.2 Å². The number of carbonyl (C=O) groups is 1. The van der Waals surface area contributed by atoms with Gasteiger partial charge in [0.2, 0.25) is 0 Å². The van der Waals surface area contributed by atoms with Crippen molar-refractivity contribution in [3.05, 3.63) is 58.4 Å². The Morgan fingerprint density at radius 2 is 1.90 bits per heavy atom. The van der Waals surface area contributed by atoms with E-state index in [0.29, 0.717) is 6.54 Å². The van der Waals surface area contributed by atoms with Gasteiger partial charge in [-0.1, -0.05) is 30.3 Å². The van der Waals surface area contributed by atoms with Crippen molar-refractivity contribution in [1.82, 2.24) is 4.57 Å². The average Bonchev–Trinajstić information content (AvgIpc) is 2.48. The van der Waals surface area contributed by atoms with Gasteiger partial charge in [0, 0.05) is 18.8 Å². The molecule has 2 rings (SSSR count). The van der Waals surface area contributed by atoms with E-state index in [1.807, 2.05) is 41.8 Å². The van der Waals surface area contributed by atoms with E-state index in [0.717, 1.165) is 11.3 Å². The summed E-state index contributed by atoms with van der Waals surface area (Å²) in [4.78, 5) is 23.8. The van der Waals surface area contributed by atoms with Gasteiger partial charge in [0.05, 0.1) is 12.3 Å². The minimum absolute atomic E-state index is 0.0772. The van der Waals surface area contributed by atoms with E-state index in [-0.39, 0.29) is 17.6 Å². The van der Waals surface area contributed by atoms with Gasteiger partial charge >= 0.3 is 5.97 Å². The summed E-state index contributed by atoms with van der Waals surface area (Å²) in [7, 11) is 0. The fraction of sp³-hybridized carbons (Fsp3) is 0.250. The summed E-state index contributed by atoms with van der Waals surface area (Å²) in [5, 5.41) is 0. The van der Waals surface area contributed by atoms with Crippen molar-refractivity contribution in [3.63, 3.8) is 0 Å². The number of hydrogen-bond acceptors (Lipinski definition) is 3. The van der Waals surface area contributed by atoms with Gasteiger partial charge in [0.15, 0.2) is 5.43 Å². The van der Waals surface area contributed by atoms with Gasteiger partial charge in [-0.2, -0.15) is 0 Å². The van der Waals surface area contributed by atoms with Crippen LogP contribution in [0.15, 0.2) is 47.4 Å². The molecule has 20 heavy (non-hydrogen) atoms. The molecule has 0 radical (unpaired) electrons. The zero-order valence-corrected chi connectivity index (χ0v) is 11.6. The fourth-order valence-corrected chi connectivity index (χ4v) is 2.06. The van der Waals surface area contributed by atoms with E-state index in [9.17, 15) is 9.59 Å². The largest absolute Gasteiger partial charge is 0.462 e. The van der Waals surface area contributed by atoms with Crippen LogP contribution in [-0.4, -0.2) is 17.1 Å². The van der Waals surface area contributed by atoms with Crippen LogP contribution < -0.4 is 5.43 Å². The van der Waals surface area contributed by atoms with Crippen LogP contribution in [0.4, 0.5) is 0 Å². The van der Waals surface area contributed by atoms with E-state index in [4.69, 9.17) is 4.74 Å². The zero-order chi connectivity index (χ0) is 14.5. The monoisotopic (exact) mass is 271 g/mol. The Kier molecular flexibility index (Phi) is 4.35. The SMILES string of the molecule is CCOC(=O)c1cn(CC)c(-c2ccccc2)cc1=O. The van der Waals surface area contributed by atoms with Crippen LogP contribution in [0, 0.1) is 0 Å². The maximum absolute atomic E-state index is 12.1. The second-order valence-corrected chi connectivity index (χ2v) is 4.31. The van der Waals surface area contributed by atoms with Crippen molar-refractivity contribution in [3.8, 4) is 11.3 Å². The molecule has 0 atom stereocenters. The summed E-state index contributed by atoms with van der Waals surface area (Å²) in [6.07, 6.45) is 1.57. The lowest BCUT2D eigenvalue weighted by Crippen LogP contribution is -2.20. The lowest BCUT2D eigenvalue weighted by atomic mass is 10.1. The molecule has 0 bridgehead atoms. The Hall–Kier alpha value is -2.36. The lowest BCUT2D eigenvalue weighted by molar-refractivity contribution is 0.0524. The third-order valence-electron chi connectivity index (χ3n) is 3.03. The third kappa shape index (κ3) is 2.79. The second kappa shape index (κ2) is 6.19. The molecule has 4 heteroatoms. The number of esters is 1. The quantitative estimate of drug-likeness (QED) is 0.803. The summed E-state index contributed by atoms with van der Waals surface area (Å²) in [5.41, 5.74) is 1.51. The Bertz CT molecular complexity index is 659. The summed E-state index contributed by atoms with van der Waals surface area (Å²) in [6.45, 7) is 4.60. The molecule has 1 aromatic carbocycles. The standard InChI is InChI=1S/C16H17NO3/c1-3-17-11-13(16(19)20-4-2)15(18)10-14(17)12-8-6-5-7-9-12/h5-11H,3-4H2,1-2H3. The third-order valence-corrected chi connectivity index (χ3v) is 3.03. The van der Waals surface area contributed by atoms with E-state index in [2.05, 4.69) is 0 Å². The van der Waals surface area contributed by atoms with Crippen molar-refractivity contribution in [1.29, 1.82) is 0 Å².